The van der Waals surface area contributed by atoms with Crippen LogP contribution in [0.15, 0.2) is 45.7 Å². The van der Waals surface area contributed by atoms with Gasteiger partial charge in [0.15, 0.2) is 0 Å². The van der Waals surface area contributed by atoms with Crippen LogP contribution in [-0.4, -0.2) is 35.7 Å². The predicted octanol–water partition coefficient (Wildman–Crippen LogP) is 5.35. The van der Waals surface area contributed by atoms with Gasteiger partial charge in [0.1, 0.15) is 11.5 Å². The predicted molar refractivity (Wildman–Crippen MR) is 115 cm³/mol. The van der Waals surface area contributed by atoms with Crippen molar-refractivity contribution in [2.75, 3.05) is 13.7 Å². The standard InChI is InChI=1S/C23H23NO5S/c1-28-22(26)17-9-7-16(8-10-17)19-12-11-18(29-19)13-20-21(25)24(23(27)30-20)14-15-5-3-2-4-6-15/h7-13,15H,2-6,14H2,1H3/b20-13-. The molecule has 2 heterocycles. The molecular weight excluding hydrogens is 402 g/mol. The molecule has 0 radical (unpaired) electrons. The molecule has 0 unspecified atom stereocenters. The average Bonchev–Trinajstić information content (AvgIpc) is 3.34. The summed E-state index contributed by atoms with van der Waals surface area (Å²) < 4.78 is 10.5. The van der Waals surface area contributed by atoms with Gasteiger partial charge in [-0.3, -0.25) is 14.5 Å². The summed E-state index contributed by atoms with van der Waals surface area (Å²) in [5, 5.41) is -0.206. The molecule has 4 rings (SSSR count). The minimum Gasteiger partial charge on any atom is -0.465 e. The van der Waals surface area contributed by atoms with E-state index in [0.29, 0.717) is 34.5 Å². The molecule has 2 aliphatic rings. The zero-order valence-electron chi connectivity index (χ0n) is 16.8. The highest BCUT2D eigenvalue weighted by Gasteiger charge is 2.36. The van der Waals surface area contributed by atoms with Crippen LogP contribution in [0.25, 0.3) is 17.4 Å². The minimum absolute atomic E-state index is 0.206. The van der Waals surface area contributed by atoms with Crippen LogP contribution in [-0.2, 0) is 9.53 Å². The third-order valence-electron chi connectivity index (χ3n) is 5.53. The van der Waals surface area contributed by atoms with Crippen LogP contribution in [0.4, 0.5) is 4.79 Å². The van der Waals surface area contributed by atoms with Crippen molar-refractivity contribution in [2.45, 2.75) is 32.1 Å². The number of benzene rings is 1. The number of hydrogen-bond donors (Lipinski definition) is 0. The Morgan fingerprint density at radius 1 is 1.13 bits per heavy atom. The number of hydrogen-bond acceptors (Lipinski definition) is 6. The number of nitrogens with zero attached hydrogens (tertiary/aromatic N) is 1. The topological polar surface area (TPSA) is 76.8 Å². The van der Waals surface area contributed by atoms with E-state index in [2.05, 4.69) is 0 Å². The van der Waals surface area contributed by atoms with Crippen LogP contribution in [0, 0.1) is 5.92 Å². The van der Waals surface area contributed by atoms with Gasteiger partial charge in [-0.15, -0.1) is 0 Å². The molecule has 1 aromatic carbocycles. The highest BCUT2D eigenvalue weighted by Crippen LogP contribution is 2.35. The second-order valence-electron chi connectivity index (χ2n) is 7.57. The van der Waals surface area contributed by atoms with Crippen molar-refractivity contribution in [1.82, 2.24) is 4.90 Å². The zero-order valence-corrected chi connectivity index (χ0v) is 17.6. The van der Waals surface area contributed by atoms with Crippen LogP contribution in [0.3, 0.4) is 0 Å². The number of esters is 1. The van der Waals surface area contributed by atoms with Crippen LogP contribution in [0.1, 0.15) is 48.2 Å². The molecule has 0 atom stereocenters. The first-order valence-corrected chi connectivity index (χ1v) is 10.9. The van der Waals surface area contributed by atoms with Gasteiger partial charge in [-0.2, -0.15) is 0 Å². The normalized spacial score (nSPS) is 19.0. The molecule has 1 saturated carbocycles. The molecule has 0 spiro atoms. The molecule has 2 aromatic rings. The van der Waals surface area contributed by atoms with Crippen molar-refractivity contribution in [3.63, 3.8) is 0 Å². The summed E-state index contributed by atoms with van der Waals surface area (Å²) in [6.45, 7) is 0.512. The maximum Gasteiger partial charge on any atom is 0.337 e. The first kappa shape index (κ1) is 20.5. The molecule has 0 bridgehead atoms. The van der Waals surface area contributed by atoms with E-state index in [1.807, 2.05) is 0 Å². The zero-order chi connectivity index (χ0) is 21.1. The number of ether oxygens (including phenoxy) is 1. The Morgan fingerprint density at radius 3 is 2.57 bits per heavy atom. The largest absolute Gasteiger partial charge is 0.465 e. The van der Waals surface area contributed by atoms with Gasteiger partial charge in [-0.25, -0.2) is 4.79 Å². The lowest BCUT2D eigenvalue weighted by atomic mass is 9.89. The average molecular weight is 426 g/mol. The van der Waals surface area contributed by atoms with Gasteiger partial charge in [0.25, 0.3) is 11.1 Å². The lowest BCUT2D eigenvalue weighted by Gasteiger charge is -2.25. The molecule has 156 valence electrons. The molecular formula is C23H23NO5S. The lowest BCUT2D eigenvalue weighted by molar-refractivity contribution is -0.123. The van der Waals surface area contributed by atoms with E-state index < -0.39 is 5.97 Å². The van der Waals surface area contributed by atoms with E-state index in [9.17, 15) is 14.4 Å². The van der Waals surface area contributed by atoms with Gasteiger partial charge in [0, 0.05) is 18.2 Å². The number of carbonyl (C=O) groups is 3. The first-order valence-electron chi connectivity index (χ1n) is 10.1. The summed E-state index contributed by atoms with van der Waals surface area (Å²) in [6.07, 6.45) is 7.37. The summed E-state index contributed by atoms with van der Waals surface area (Å²) in [5.74, 6) is 0.890. The summed E-state index contributed by atoms with van der Waals surface area (Å²) in [5.41, 5.74) is 1.26. The molecule has 1 aliphatic carbocycles. The molecule has 1 aromatic heterocycles. The van der Waals surface area contributed by atoms with Gasteiger partial charge in [-0.05, 0) is 54.8 Å². The Kier molecular flexibility index (Phi) is 6.08. The third-order valence-corrected chi connectivity index (χ3v) is 6.44. The van der Waals surface area contributed by atoms with Crippen molar-refractivity contribution >= 4 is 35.0 Å². The second kappa shape index (κ2) is 8.92. The fraction of sp³-hybridized carbons (Fsp3) is 0.348. The molecule has 6 nitrogen and oxygen atoms in total. The number of thioether (sulfide) groups is 1. The molecule has 1 saturated heterocycles. The van der Waals surface area contributed by atoms with E-state index in [1.54, 1.807) is 42.5 Å². The van der Waals surface area contributed by atoms with E-state index in [1.165, 1.54) is 31.3 Å². The minimum atomic E-state index is -0.398. The fourth-order valence-electron chi connectivity index (χ4n) is 3.89. The molecule has 30 heavy (non-hydrogen) atoms. The Bertz CT molecular complexity index is 985. The van der Waals surface area contributed by atoms with Gasteiger partial charge >= 0.3 is 5.97 Å². The number of rotatable bonds is 5. The third kappa shape index (κ3) is 4.36. The molecule has 7 heteroatoms. The summed E-state index contributed by atoms with van der Waals surface area (Å²) in [6, 6.07) is 10.4. The van der Waals surface area contributed by atoms with Crippen molar-refractivity contribution in [3.05, 3.63) is 52.6 Å². The summed E-state index contributed by atoms with van der Waals surface area (Å²) in [4.78, 5) is 38.4. The number of imide groups is 1. The van der Waals surface area contributed by atoms with E-state index >= 15 is 0 Å². The van der Waals surface area contributed by atoms with Gasteiger partial charge in [0.2, 0.25) is 0 Å². The molecule has 1 aliphatic heterocycles. The lowest BCUT2D eigenvalue weighted by Crippen LogP contribution is -2.34. The van der Waals surface area contributed by atoms with Crippen molar-refractivity contribution in [1.29, 1.82) is 0 Å². The van der Waals surface area contributed by atoms with Crippen LogP contribution >= 0.6 is 11.8 Å². The fourth-order valence-corrected chi connectivity index (χ4v) is 4.72. The molecule has 2 amide bonds. The smallest absolute Gasteiger partial charge is 0.337 e. The van der Waals surface area contributed by atoms with E-state index in [4.69, 9.17) is 9.15 Å². The van der Waals surface area contributed by atoms with Crippen LogP contribution in [0.5, 0.6) is 0 Å². The maximum atomic E-state index is 12.7. The Labute approximate surface area is 179 Å². The maximum absolute atomic E-state index is 12.7. The first-order chi connectivity index (χ1) is 14.5. The van der Waals surface area contributed by atoms with Gasteiger partial charge < -0.3 is 9.15 Å². The summed E-state index contributed by atoms with van der Waals surface area (Å²) in [7, 11) is 1.34. The highest BCUT2D eigenvalue weighted by atomic mass is 32.2. The molecule has 0 N–H and O–H groups in total. The number of carbonyl (C=O) groups excluding carboxylic acids is 3. The van der Waals surface area contributed by atoms with Crippen molar-refractivity contribution in [2.24, 2.45) is 5.92 Å². The van der Waals surface area contributed by atoms with Gasteiger partial charge in [-0.1, -0.05) is 31.4 Å². The quantitative estimate of drug-likeness (QED) is 0.475. The van der Waals surface area contributed by atoms with Crippen molar-refractivity contribution in [3.8, 4) is 11.3 Å². The molecule has 2 fully saturated rings. The van der Waals surface area contributed by atoms with Gasteiger partial charge in [0.05, 0.1) is 17.6 Å². The Hall–Kier alpha value is -2.80. The summed E-state index contributed by atoms with van der Waals surface area (Å²) >= 11 is 0.965. The number of methoxy groups -OCH3 is 1. The highest BCUT2D eigenvalue weighted by molar-refractivity contribution is 8.18. The van der Waals surface area contributed by atoms with Crippen LogP contribution in [0.2, 0.25) is 0 Å². The van der Waals surface area contributed by atoms with Crippen LogP contribution < -0.4 is 0 Å². The Morgan fingerprint density at radius 2 is 1.87 bits per heavy atom. The second-order valence-corrected chi connectivity index (χ2v) is 8.56. The SMILES string of the molecule is COC(=O)c1ccc(-c2ccc(/C=C3\SC(=O)N(CC4CCCCC4)C3=O)o2)cc1. The van der Waals surface area contributed by atoms with E-state index in [0.717, 1.165) is 30.2 Å². The number of furan rings is 1. The van der Waals surface area contributed by atoms with E-state index in [-0.39, 0.29) is 11.1 Å². The Balaban J connectivity index is 1.46. The monoisotopic (exact) mass is 425 g/mol. The number of amides is 2. The van der Waals surface area contributed by atoms with Crippen molar-refractivity contribution < 1.29 is 23.5 Å².